The lowest BCUT2D eigenvalue weighted by atomic mass is 10.2. The summed E-state index contributed by atoms with van der Waals surface area (Å²) in [5.74, 6) is 0.799. The van der Waals surface area contributed by atoms with Crippen molar-refractivity contribution in [3.05, 3.63) is 66.2 Å². The number of urea groups is 1. The van der Waals surface area contributed by atoms with Gasteiger partial charge in [0.25, 0.3) is 0 Å². The van der Waals surface area contributed by atoms with E-state index < -0.39 is 0 Å². The van der Waals surface area contributed by atoms with Crippen molar-refractivity contribution in [2.24, 2.45) is 0 Å². The molecule has 0 radical (unpaired) electrons. The fraction of sp³-hybridized carbons (Fsp3) is 0.0625. The SMILES string of the molecule is O=C(Nc1ccccc1)Nc1nc(SCc2ccccc2)ns1. The zero-order valence-corrected chi connectivity index (χ0v) is 13.7. The van der Waals surface area contributed by atoms with E-state index in [1.807, 2.05) is 48.5 Å². The summed E-state index contributed by atoms with van der Waals surface area (Å²) in [6.07, 6.45) is 0. The van der Waals surface area contributed by atoms with E-state index in [4.69, 9.17) is 0 Å². The Bertz CT molecular complexity index is 762. The van der Waals surface area contributed by atoms with E-state index in [2.05, 4.69) is 32.1 Å². The average molecular weight is 342 g/mol. The molecule has 5 nitrogen and oxygen atoms in total. The molecule has 0 saturated heterocycles. The zero-order valence-electron chi connectivity index (χ0n) is 12.1. The molecule has 3 rings (SSSR count). The van der Waals surface area contributed by atoms with Gasteiger partial charge >= 0.3 is 6.03 Å². The summed E-state index contributed by atoms with van der Waals surface area (Å²) < 4.78 is 4.24. The number of thioether (sulfide) groups is 1. The third kappa shape index (κ3) is 4.80. The smallest absolute Gasteiger partial charge is 0.308 e. The number of aromatic nitrogens is 2. The average Bonchev–Trinajstić information content (AvgIpc) is 3.02. The zero-order chi connectivity index (χ0) is 15.9. The number of hydrogen-bond donors (Lipinski definition) is 2. The van der Waals surface area contributed by atoms with Gasteiger partial charge in [0, 0.05) is 23.0 Å². The van der Waals surface area contributed by atoms with Gasteiger partial charge in [-0.15, -0.1) is 0 Å². The molecule has 116 valence electrons. The van der Waals surface area contributed by atoms with Crippen molar-refractivity contribution in [2.45, 2.75) is 10.9 Å². The normalized spacial score (nSPS) is 10.3. The molecule has 23 heavy (non-hydrogen) atoms. The summed E-state index contributed by atoms with van der Waals surface area (Å²) in [5.41, 5.74) is 1.94. The Hall–Kier alpha value is -2.38. The van der Waals surface area contributed by atoms with Gasteiger partial charge in [0.2, 0.25) is 10.3 Å². The minimum absolute atomic E-state index is 0.327. The summed E-state index contributed by atoms with van der Waals surface area (Å²) in [6.45, 7) is 0. The predicted octanol–water partition coefficient (Wildman–Crippen LogP) is 4.47. The summed E-state index contributed by atoms with van der Waals surface area (Å²) in [4.78, 5) is 16.2. The molecule has 0 saturated carbocycles. The molecule has 0 aliphatic heterocycles. The van der Waals surface area contributed by atoms with Gasteiger partial charge < -0.3 is 5.32 Å². The highest BCUT2D eigenvalue weighted by atomic mass is 32.2. The number of nitrogens with zero attached hydrogens (tertiary/aromatic N) is 2. The van der Waals surface area contributed by atoms with E-state index >= 15 is 0 Å². The molecule has 1 aromatic heterocycles. The first kappa shape index (κ1) is 15.5. The number of anilines is 2. The van der Waals surface area contributed by atoms with Gasteiger partial charge in [0.15, 0.2) is 0 Å². The lowest BCUT2D eigenvalue weighted by molar-refractivity contribution is 0.262. The Morgan fingerprint density at radius 2 is 1.70 bits per heavy atom. The first-order chi connectivity index (χ1) is 11.3. The van der Waals surface area contributed by atoms with Crippen molar-refractivity contribution in [3.63, 3.8) is 0 Å². The van der Waals surface area contributed by atoms with Gasteiger partial charge in [-0.05, 0) is 17.7 Å². The van der Waals surface area contributed by atoms with Gasteiger partial charge in [-0.1, -0.05) is 60.3 Å². The standard InChI is InChI=1S/C16H14N4OS2/c21-14(17-13-9-5-2-6-10-13)18-15-19-16(20-23-15)22-11-12-7-3-1-4-8-12/h1-10H,11H2,(H2,17,18,19,20,21). The molecule has 0 aliphatic rings. The van der Waals surface area contributed by atoms with Gasteiger partial charge in [-0.25, -0.2) is 4.79 Å². The molecule has 2 N–H and O–H groups in total. The predicted molar refractivity (Wildman–Crippen MR) is 95.0 cm³/mol. The van der Waals surface area contributed by atoms with Crippen LogP contribution in [0, 0.1) is 0 Å². The number of para-hydroxylation sites is 1. The van der Waals surface area contributed by atoms with E-state index in [1.165, 1.54) is 17.1 Å². The summed E-state index contributed by atoms with van der Waals surface area (Å²) >= 11 is 2.71. The van der Waals surface area contributed by atoms with Crippen LogP contribution in [0.2, 0.25) is 0 Å². The molecule has 3 aromatic rings. The molecule has 0 spiro atoms. The molecule has 0 atom stereocenters. The molecule has 0 fully saturated rings. The van der Waals surface area contributed by atoms with E-state index in [0.717, 1.165) is 11.4 Å². The van der Waals surface area contributed by atoms with E-state index in [1.54, 1.807) is 11.8 Å². The molecular formula is C16H14N4OS2. The maximum absolute atomic E-state index is 11.9. The Morgan fingerprint density at radius 3 is 2.43 bits per heavy atom. The third-order valence-electron chi connectivity index (χ3n) is 2.87. The lowest BCUT2D eigenvalue weighted by Crippen LogP contribution is -2.19. The van der Waals surface area contributed by atoms with Crippen molar-refractivity contribution >= 4 is 40.1 Å². The monoisotopic (exact) mass is 342 g/mol. The summed E-state index contributed by atoms with van der Waals surface area (Å²) in [5, 5.41) is 6.57. The van der Waals surface area contributed by atoms with Crippen LogP contribution in [-0.2, 0) is 5.75 Å². The lowest BCUT2D eigenvalue weighted by Gasteiger charge is -2.04. The van der Waals surface area contributed by atoms with E-state index in [0.29, 0.717) is 10.3 Å². The highest BCUT2D eigenvalue weighted by molar-refractivity contribution is 7.98. The van der Waals surface area contributed by atoms with Crippen LogP contribution >= 0.6 is 23.3 Å². The largest absolute Gasteiger partial charge is 0.325 e. The molecule has 0 aliphatic carbocycles. The Kier molecular flexibility index (Phi) is 5.23. The maximum Gasteiger partial charge on any atom is 0.325 e. The topological polar surface area (TPSA) is 66.9 Å². The highest BCUT2D eigenvalue weighted by Crippen LogP contribution is 2.23. The van der Waals surface area contributed by atoms with Crippen molar-refractivity contribution in [1.29, 1.82) is 0 Å². The molecule has 2 aromatic carbocycles. The second-order valence-electron chi connectivity index (χ2n) is 4.60. The van der Waals surface area contributed by atoms with E-state index in [-0.39, 0.29) is 6.03 Å². The number of carbonyl (C=O) groups is 1. The Labute approximate surface area is 142 Å². The van der Waals surface area contributed by atoms with Gasteiger partial charge in [0.05, 0.1) is 0 Å². The number of amides is 2. The van der Waals surface area contributed by atoms with Crippen molar-refractivity contribution in [3.8, 4) is 0 Å². The van der Waals surface area contributed by atoms with Crippen LogP contribution < -0.4 is 10.6 Å². The number of rotatable bonds is 5. The van der Waals surface area contributed by atoms with E-state index in [9.17, 15) is 4.79 Å². The fourth-order valence-electron chi connectivity index (χ4n) is 1.82. The number of hydrogen-bond acceptors (Lipinski definition) is 5. The second kappa shape index (κ2) is 7.75. The number of carbonyl (C=O) groups excluding carboxylic acids is 1. The molecule has 2 amide bonds. The fourth-order valence-corrected chi connectivity index (χ4v) is 3.32. The van der Waals surface area contributed by atoms with Crippen molar-refractivity contribution < 1.29 is 4.79 Å². The van der Waals surface area contributed by atoms with Crippen LogP contribution in [0.15, 0.2) is 65.8 Å². The van der Waals surface area contributed by atoms with Gasteiger partial charge in [0.1, 0.15) is 0 Å². The van der Waals surface area contributed by atoms with Gasteiger partial charge in [-0.3, -0.25) is 5.32 Å². The molecular weight excluding hydrogens is 328 g/mol. The Morgan fingerprint density at radius 1 is 1.00 bits per heavy atom. The number of benzene rings is 2. The second-order valence-corrected chi connectivity index (χ2v) is 6.30. The van der Waals surface area contributed by atoms with Crippen LogP contribution in [0.3, 0.4) is 0 Å². The van der Waals surface area contributed by atoms with Crippen LogP contribution in [0.4, 0.5) is 15.6 Å². The summed E-state index contributed by atoms with van der Waals surface area (Å²) in [7, 11) is 0. The molecule has 7 heteroatoms. The Balaban J connectivity index is 1.52. The molecule has 0 unspecified atom stereocenters. The molecule has 0 bridgehead atoms. The van der Waals surface area contributed by atoms with Crippen molar-refractivity contribution in [2.75, 3.05) is 10.6 Å². The minimum atomic E-state index is -0.327. The van der Waals surface area contributed by atoms with Crippen LogP contribution in [0.25, 0.3) is 0 Å². The summed E-state index contributed by atoms with van der Waals surface area (Å²) in [6, 6.07) is 19.0. The van der Waals surface area contributed by atoms with Crippen molar-refractivity contribution in [1.82, 2.24) is 9.36 Å². The highest BCUT2D eigenvalue weighted by Gasteiger charge is 2.08. The van der Waals surface area contributed by atoms with Gasteiger partial charge in [-0.2, -0.15) is 9.36 Å². The van der Waals surface area contributed by atoms with Crippen LogP contribution in [-0.4, -0.2) is 15.4 Å². The quantitative estimate of drug-likeness (QED) is 0.671. The maximum atomic E-state index is 11.9. The first-order valence-electron chi connectivity index (χ1n) is 6.93. The minimum Gasteiger partial charge on any atom is -0.308 e. The van der Waals surface area contributed by atoms with Crippen LogP contribution in [0.5, 0.6) is 0 Å². The number of nitrogens with one attached hydrogen (secondary N) is 2. The molecule has 1 heterocycles. The third-order valence-corrected chi connectivity index (χ3v) is 4.53. The first-order valence-corrected chi connectivity index (χ1v) is 8.69. The van der Waals surface area contributed by atoms with Crippen LogP contribution in [0.1, 0.15) is 5.56 Å².